The third-order valence-electron chi connectivity index (χ3n) is 5.09. The molecule has 0 aliphatic heterocycles. The van der Waals surface area contributed by atoms with Crippen molar-refractivity contribution in [2.45, 2.75) is 12.8 Å². The normalized spacial score (nSPS) is 10.6. The number of hydrogen-bond donors (Lipinski definition) is 0. The molecule has 136 valence electrons. The molecule has 0 radical (unpaired) electrons. The van der Waals surface area contributed by atoms with Gasteiger partial charge in [0.2, 0.25) is 0 Å². The molecule has 0 amide bonds. The summed E-state index contributed by atoms with van der Waals surface area (Å²) in [6, 6.07) is 38.5. The lowest BCUT2D eigenvalue weighted by atomic mass is 9.91. The van der Waals surface area contributed by atoms with Crippen LogP contribution < -0.4 is 0 Å². The Hall–Kier alpha value is -3.38. The highest BCUT2D eigenvalue weighted by atomic mass is 14.1. The van der Waals surface area contributed by atoms with Gasteiger partial charge in [0, 0.05) is 0 Å². The van der Waals surface area contributed by atoms with Gasteiger partial charge in [0.15, 0.2) is 0 Å². The average Bonchev–Trinajstić information content (AvgIpc) is 2.76. The van der Waals surface area contributed by atoms with Crippen molar-refractivity contribution >= 4 is 0 Å². The third kappa shape index (κ3) is 4.13. The molecule has 0 N–H and O–H groups in total. The van der Waals surface area contributed by atoms with E-state index in [1.54, 1.807) is 0 Å². The van der Waals surface area contributed by atoms with Gasteiger partial charge < -0.3 is 0 Å². The monoisotopic (exact) mass is 360 g/mol. The van der Waals surface area contributed by atoms with E-state index in [-0.39, 0.29) is 0 Å². The summed E-state index contributed by atoms with van der Waals surface area (Å²) in [5.41, 5.74) is 8.99. The molecule has 4 aromatic rings. The molecule has 0 heterocycles. The minimum absolute atomic E-state index is 0.883. The maximum atomic E-state index is 4.41. The van der Waals surface area contributed by atoms with E-state index in [1.807, 2.05) is 0 Å². The fourth-order valence-electron chi connectivity index (χ4n) is 3.75. The summed E-state index contributed by atoms with van der Waals surface area (Å²) in [5, 5.41) is 0. The first-order valence-corrected chi connectivity index (χ1v) is 9.74. The lowest BCUT2D eigenvalue weighted by Crippen LogP contribution is -1.98. The van der Waals surface area contributed by atoms with Crippen molar-refractivity contribution in [1.82, 2.24) is 0 Å². The minimum atomic E-state index is 0.883. The average molecular weight is 361 g/mol. The maximum Gasteiger partial charge on any atom is -0.00603 e. The smallest absolute Gasteiger partial charge is 0.00603 e. The van der Waals surface area contributed by atoms with E-state index >= 15 is 0 Å². The molecule has 0 heteroatoms. The number of allylic oxidation sites excluding steroid dienone is 1. The van der Waals surface area contributed by atoms with Gasteiger partial charge in [-0.05, 0) is 46.2 Å². The van der Waals surface area contributed by atoms with Crippen LogP contribution in [-0.4, -0.2) is 0 Å². The second kappa shape index (κ2) is 8.54. The van der Waals surface area contributed by atoms with Crippen molar-refractivity contribution in [3.05, 3.63) is 132 Å². The summed E-state index contributed by atoms with van der Waals surface area (Å²) in [6.45, 7) is 4.41. The summed E-state index contributed by atoms with van der Waals surface area (Å²) in [5.74, 6) is 0. The van der Waals surface area contributed by atoms with Gasteiger partial charge in [0.05, 0.1) is 0 Å². The van der Waals surface area contributed by atoms with Crippen LogP contribution in [0.15, 0.2) is 121 Å². The Morgan fingerprint density at radius 1 is 0.464 bits per heavy atom. The summed E-state index contributed by atoms with van der Waals surface area (Å²) < 4.78 is 0. The molecule has 0 fully saturated rings. The van der Waals surface area contributed by atoms with Gasteiger partial charge in [-0.25, -0.2) is 0 Å². The number of rotatable bonds is 6. The van der Waals surface area contributed by atoms with E-state index in [1.165, 1.54) is 39.0 Å². The molecule has 28 heavy (non-hydrogen) atoms. The van der Waals surface area contributed by atoms with Crippen molar-refractivity contribution in [3.8, 4) is 22.3 Å². The summed E-state index contributed by atoms with van der Waals surface area (Å²) >= 11 is 0. The second-order valence-corrected chi connectivity index (χ2v) is 7.15. The SMILES string of the molecule is C=C(Cc1ccccc1-c1ccccc1)Cc1ccccc1-c1ccccc1. The zero-order chi connectivity index (χ0) is 19.2. The zero-order valence-corrected chi connectivity index (χ0v) is 16.0. The summed E-state index contributed by atoms with van der Waals surface area (Å²) in [6.07, 6.45) is 1.77. The van der Waals surface area contributed by atoms with Gasteiger partial charge in [0.1, 0.15) is 0 Å². The van der Waals surface area contributed by atoms with Crippen LogP contribution in [0.25, 0.3) is 22.3 Å². The van der Waals surface area contributed by atoms with Crippen molar-refractivity contribution < 1.29 is 0 Å². The van der Waals surface area contributed by atoms with Gasteiger partial charge in [-0.2, -0.15) is 0 Å². The molecule has 0 aliphatic rings. The Kier molecular flexibility index (Phi) is 5.49. The van der Waals surface area contributed by atoms with E-state index in [9.17, 15) is 0 Å². The summed E-state index contributed by atoms with van der Waals surface area (Å²) in [4.78, 5) is 0. The highest BCUT2D eigenvalue weighted by Gasteiger charge is 2.09. The predicted octanol–water partition coefficient (Wildman–Crippen LogP) is 7.36. The van der Waals surface area contributed by atoms with Crippen molar-refractivity contribution in [3.63, 3.8) is 0 Å². The first-order chi connectivity index (χ1) is 13.8. The van der Waals surface area contributed by atoms with Crippen LogP contribution in [0.1, 0.15) is 11.1 Å². The van der Waals surface area contributed by atoms with Crippen LogP contribution in [0.3, 0.4) is 0 Å². The number of hydrogen-bond acceptors (Lipinski definition) is 0. The van der Waals surface area contributed by atoms with Crippen LogP contribution >= 0.6 is 0 Å². The molecular weight excluding hydrogens is 336 g/mol. The molecule has 0 nitrogen and oxygen atoms in total. The Balaban J connectivity index is 1.58. The van der Waals surface area contributed by atoms with Crippen molar-refractivity contribution in [2.75, 3.05) is 0 Å². The van der Waals surface area contributed by atoms with Crippen LogP contribution in [0.4, 0.5) is 0 Å². The quantitative estimate of drug-likeness (QED) is 0.315. The maximum absolute atomic E-state index is 4.41. The van der Waals surface area contributed by atoms with E-state index in [0.717, 1.165) is 12.8 Å². The number of benzene rings is 4. The molecule has 0 spiro atoms. The van der Waals surface area contributed by atoms with Gasteiger partial charge >= 0.3 is 0 Å². The Labute approximate surface area is 167 Å². The first kappa shape index (κ1) is 18.0. The van der Waals surface area contributed by atoms with Gasteiger partial charge in [-0.3, -0.25) is 0 Å². The van der Waals surface area contributed by atoms with Crippen molar-refractivity contribution in [1.29, 1.82) is 0 Å². The third-order valence-corrected chi connectivity index (χ3v) is 5.09. The van der Waals surface area contributed by atoms with Crippen LogP contribution in [0, 0.1) is 0 Å². The van der Waals surface area contributed by atoms with Gasteiger partial charge in [-0.1, -0.05) is 121 Å². The van der Waals surface area contributed by atoms with Gasteiger partial charge in [0.25, 0.3) is 0 Å². The fraction of sp³-hybridized carbons (Fsp3) is 0.0714. The van der Waals surface area contributed by atoms with E-state index in [0.29, 0.717) is 0 Å². The molecule has 0 atom stereocenters. The predicted molar refractivity (Wildman–Crippen MR) is 120 cm³/mol. The lowest BCUT2D eigenvalue weighted by Gasteiger charge is -2.14. The lowest BCUT2D eigenvalue weighted by molar-refractivity contribution is 1.05. The first-order valence-electron chi connectivity index (χ1n) is 9.74. The standard InChI is InChI=1S/C28H24/c1-22(20-25-16-8-10-18-27(25)23-12-4-2-5-13-23)21-26-17-9-11-19-28(26)24-14-6-3-7-15-24/h2-19H,1,20-21H2. The fourth-order valence-corrected chi connectivity index (χ4v) is 3.75. The Morgan fingerprint density at radius 3 is 1.25 bits per heavy atom. The molecule has 0 unspecified atom stereocenters. The molecule has 4 aromatic carbocycles. The van der Waals surface area contributed by atoms with Crippen LogP contribution in [-0.2, 0) is 12.8 Å². The second-order valence-electron chi connectivity index (χ2n) is 7.15. The molecule has 0 aromatic heterocycles. The van der Waals surface area contributed by atoms with E-state index < -0.39 is 0 Å². The molecule has 4 rings (SSSR count). The van der Waals surface area contributed by atoms with Gasteiger partial charge in [-0.15, -0.1) is 0 Å². The zero-order valence-electron chi connectivity index (χ0n) is 16.0. The van der Waals surface area contributed by atoms with Crippen LogP contribution in [0.2, 0.25) is 0 Å². The van der Waals surface area contributed by atoms with E-state index in [2.05, 4.69) is 116 Å². The van der Waals surface area contributed by atoms with Crippen LogP contribution in [0.5, 0.6) is 0 Å². The topological polar surface area (TPSA) is 0 Å². The molecule has 0 saturated carbocycles. The molecule has 0 aliphatic carbocycles. The molecule has 0 saturated heterocycles. The minimum Gasteiger partial charge on any atom is -0.0992 e. The van der Waals surface area contributed by atoms with E-state index in [4.69, 9.17) is 0 Å². The largest absolute Gasteiger partial charge is 0.0992 e. The highest BCUT2D eigenvalue weighted by molar-refractivity contribution is 5.69. The van der Waals surface area contributed by atoms with Crippen molar-refractivity contribution in [2.24, 2.45) is 0 Å². The Morgan fingerprint density at radius 2 is 0.821 bits per heavy atom. The molecular formula is C28H24. The molecule has 0 bridgehead atoms. The summed E-state index contributed by atoms with van der Waals surface area (Å²) in [7, 11) is 0. The highest BCUT2D eigenvalue weighted by Crippen LogP contribution is 2.28. The Bertz CT molecular complexity index is 972.